The first-order valence-electron chi connectivity index (χ1n) is 7.98. The molecule has 1 aliphatic rings. The van der Waals surface area contributed by atoms with E-state index in [2.05, 4.69) is 0 Å². The quantitative estimate of drug-likeness (QED) is 0.734. The Labute approximate surface area is 143 Å². The van der Waals surface area contributed by atoms with Crippen LogP contribution in [0.15, 0.2) is 47.5 Å². The Bertz CT molecular complexity index is 686. The summed E-state index contributed by atoms with van der Waals surface area (Å²) >= 11 is 0. The van der Waals surface area contributed by atoms with Crippen molar-refractivity contribution in [2.24, 2.45) is 11.8 Å². The van der Waals surface area contributed by atoms with Gasteiger partial charge in [-0.25, -0.2) is 12.7 Å². The van der Waals surface area contributed by atoms with Gasteiger partial charge in [0.05, 0.1) is 17.4 Å². The highest BCUT2D eigenvalue weighted by molar-refractivity contribution is 7.89. The number of carbonyl (C=O) groups excluding carboxylic acids is 1. The number of hydrogen-bond acceptors (Lipinski definition) is 5. The van der Waals surface area contributed by atoms with Crippen molar-refractivity contribution in [1.82, 2.24) is 4.31 Å². The fraction of sp³-hybridized carbons (Fsp3) is 0.471. The van der Waals surface area contributed by atoms with Crippen molar-refractivity contribution in [2.75, 3.05) is 13.2 Å². The van der Waals surface area contributed by atoms with E-state index in [0.29, 0.717) is 6.61 Å². The predicted molar refractivity (Wildman–Crippen MR) is 89.3 cm³/mol. The first-order valence-corrected chi connectivity index (χ1v) is 9.42. The predicted octanol–water partition coefficient (Wildman–Crippen LogP) is 2.38. The van der Waals surface area contributed by atoms with E-state index in [1.165, 1.54) is 22.6 Å². The van der Waals surface area contributed by atoms with Crippen LogP contribution in [0, 0.1) is 11.8 Å². The van der Waals surface area contributed by atoms with Gasteiger partial charge in [0.15, 0.2) is 0 Å². The molecule has 6 nitrogen and oxygen atoms in total. The molecule has 0 unspecified atom stereocenters. The van der Waals surface area contributed by atoms with E-state index in [0.717, 1.165) is 0 Å². The van der Waals surface area contributed by atoms with Gasteiger partial charge in [0, 0.05) is 18.7 Å². The van der Waals surface area contributed by atoms with E-state index in [4.69, 9.17) is 9.47 Å². The van der Waals surface area contributed by atoms with Crippen LogP contribution in [0.5, 0.6) is 0 Å². The molecule has 24 heavy (non-hydrogen) atoms. The van der Waals surface area contributed by atoms with Crippen LogP contribution in [0.1, 0.15) is 20.8 Å². The number of nitrogens with zero attached hydrogens (tertiary/aromatic N) is 1. The molecule has 7 heteroatoms. The Hall–Kier alpha value is -1.86. The highest BCUT2D eigenvalue weighted by Crippen LogP contribution is 2.32. The highest BCUT2D eigenvalue weighted by Gasteiger charge is 2.41. The number of benzene rings is 1. The summed E-state index contributed by atoms with van der Waals surface area (Å²) in [6, 6.07) is 8.16. The molecule has 1 aliphatic heterocycles. The number of ether oxygens (including phenoxy) is 2. The van der Waals surface area contributed by atoms with Crippen molar-refractivity contribution in [1.29, 1.82) is 0 Å². The minimum absolute atomic E-state index is 0.182. The summed E-state index contributed by atoms with van der Waals surface area (Å²) < 4.78 is 37.7. The van der Waals surface area contributed by atoms with Gasteiger partial charge in [-0.15, -0.1) is 0 Å². The normalized spacial score (nSPS) is 24.0. The smallest absolute Gasteiger partial charge is 0.313 e. The second kappa shape index (κ2) is 7.81. The van der Waals surface area contributed by atoms with Crippen LogP contribution in [0.2, 0.25) is 0 Å². The molecule has 0 saturated carbocycles. The van der Waals surface area contributed by atoms with Crippen LogP contribution in [0.25, 0.3) is 0 Å². The maximum Gasteiger partial charge on any atom is 0.313 e. The molecule has 2 rings (SSSR count). The number of carbonyl (C=O) groups is 1. The molecule has 0 N–H and O–H groups in total. The number of hydrogen-bond donors (Lipinski definition) is 0. The van der Waals surface area contributed by atoms with Gasteiger partial charge in [0.2, 0.25) is 0 Å². The molecule has 0 spiro atoms. The van der Waals surface area contributed by atoms with Gasteiger partial charge in [-0.1, -0.05) is 31.2 Å². The summed E-state index contributed by atoms with van der Waals surface area (Å²) in [5.41, 5.74) is 0. The van der Waals surface area contributed by atoms with E-state index in [1.807, 2.05) is 0 Å². The van der Waals surface area contributed by atoms with E-state index < -0.39 is 22.2 Å². The van der Waals surface area contributed by atoms with Crippen LogP contribution in [0.3, 0.4) is 0 Å². The zero-order valence-corrected chi connectivity index (χ0v) is 14.9. The lowest BCUT2D eigenvalue weighted by atomic mass is 9.90. The standard InChI is InChI=1S/C17H23NO5S/c1-4-22-16-13(3)15(17(19)23-5-2)11-12-18(16)24(20,21)14-9-7-6-8-10-14/h6-13,15-16H,4-5H2,1-3H3/t13-,15-,16-/m0/s1. The third-order valence-corrected chi connectivity index (χ3v) is 5.67. The first kappa shape index (κ1) is 18.5. The third-order valence-electron chi connectivity index (χ3n) is 3.92. The molecule has 1 heterocycles. The van der Waals surface area contributed by atoms with Gasteiger partial charge < -0.3 is 9.47 Å². The Morgan fingerprint density at radius 1 is 1.17 bits per heavy atom. The summed E-state index contributed by atoms with van der Waals surface area (Å²) in [6.45, 7) is 5.93. The number of rotatable bonds is 6. The van der Waals surface area contributed by atoms with Gasteiger partial charge >= 0.3 is 5.97 Å². The van der Waals surface area contributed by atoms with Gasteiger partial charge in [-0.2, -0.15) is 0 Å². The fourth-order valence-corrected chi connectivity index (χ4v) is 4.21. The van der Waals surface area contributed by atoms with Crippen LogP contribution in [-0.2, 0) is 24.3 Å². The van der Waals surface area contributed by atoms with Crippen LogP contribution < -0.4 is 0 Å². The monoisotopic (exact) mass is 353 g/mol. The van der Waals surface area contributed by atoms with Gasteiger partial charge in [0.1, 0.15) is 6.23 Å². The summed E-state index contributed by atoms with van der Waals surface area (Å²) in [7, 11) is -3.76. The SMILES string of the molecule is CCOC(=O)[C@H]1C=CN(S(=O)(=O)c2ccccc2)[C@@H](OCC)[C@H]1C. The maximum absolute atomic E-state index is 12.9. The second-order valence-electron chi connectivity index (χ2n) is 5.47. The maximum atomic E-state index is 12.9. The minimum atomic E-state index is -3.76. The van der Waals surface area contributed by atoms with Crippen LogP contribution in [-0.4, -0.2) is 38.1 Å². The highest BCUT2D eigenvalue weighted by atomic mass is 32.2. The lowest BCUT2D eigenvalue weighted by molar-refractivity contribution is -0.152. The van der Waals surface area contributed by atoms with Crippen LogP contribution in [0.4, 0.5) is 0 Å². The lowest BCUT2D eigenvalue weighted by Gasteiger charge is -2.39. The average molecular weight is 353 g/mol. The molecule has 132 valence electrons. The van der Waals surface area contributed by atoms with Crippen LogP contribution >= 0.6 is 0 Å². The summed E-state index contributed by atoms with van der Waals surface area (Å²) in [6.07, 6.45) is 2.21. The largest absolute Gasteiger partial charge is 0.466 e. The van der Waals surface area contributed by atoms with Crippen molar-refractivity contribution in [3.05, 3.63) is 42.6 Å². The van der Waals surface area contributed by atoms with Crippen molar-refractivity contribution >= 4 is 16.0 Å². The van der Waals surface area contributed by atoms with Gasteiger partial charge in [-0.05, 0) is 26.0 Å². The Morgan fingerprint density at radius 3 is 2.42 bits per heavy atom. The van der Waals surface area contributed by atoms with Crippen molar-refractivity contribution in [3.8, 4) is 0 Å². The zero-order chi connectivity index (χ0) is 17.7. The molecular formula is C17H23NO5S. The van der Waals surface area contributed by atoms with Gasteiger partial charge in [-0.3, -0.25) is 4.79 Å². The fourth-order valence-electron chi connectivity index (χ4n) is 2.71. The Kier molecular flexibility index (Phi) is 6.01. The number of sulfonamides is 1. The molecule has 0 fully saturated rings. The number of esters is 1. The van der Waals surface area contributed by atoms with E-state index in [-0.39, 0.29) is 23.4 Å². The van der Waals surface area contributed by atoms with Crippen molar-refractivity contribution in [3.63, 3.8) is 0 Å². The topological polar surface area (TPSA) is 72.9 Å². The molecule has 0 aliphatic carbocycles. The lowest BCUT2D eigenvalue weighted by Crippen LogP contribution is -2.48. The van der Waals surface area contributed by atoms with Crippen molar-refractivity contribution in [2.45, 2.75) is 31.9 Å². The molecule has 0 amide bonds. The average Bonchev–Trinajstić information content (AvgIpc) is 2.57. The minimum Gasteiger partial charge on any atom is -0.466 e. The first-order chi connectivity index (χ1) is 11.4. The molecule has 0 aromatic heterocycles. The zero-order valence-electron chi connectivity index (χ0n) is 14.1. The molecule has 1 aromatic rings. The molecule has 0 radical (unpaired) electrons. The van der Waals surface area contributed by atoms with E-state index in [1.54, 1.807) is 45.0 Å². The summed E-state index contributed by atoms with van der Waals surface area (Å²) in [4.78, 5) is 12.3. The van der Waals surface area contributed by atoms with Gasteiger partial charge in [0.25, 0.3) is 10.0 Å². The van der Waals surface area contributed by atoms with Crippen molar-refractivity contribution < 1.29 is 22.7 Å². The van der Waals surface area contributed by atoms with E-state index in [9.17, 15) is 13.2 Å². The Morgan fingerprint density at radius 2 is 1.83 bits per heavy atom. The molecular weight excluding hydrogens is 330 g/mol. The third kappa shape index (κ3) is 3.62. The molecule has 0 bridgehead atoms. The molecule has 1 aromatic carbocycles. The van der Waals surface area contributed by atoms with E-state index >= 15 is 0 Å². The summed E-state index contributed by atoms with van der Waals surface area (Å²) in [5, 5.41) is 0. The Balaban J connectivity index is 2.39. The summed E-state index contributed by atoms with van der Waals surface area (Å²) in [5.74, 6) is -1.28. The molecule has 0 saturated heterocycles. The molecule has 3 atom stereocenters. The second-order valence-corrected chi connectivity index (χ2v) is 7.32.